The van der Waals surface area contributed by atoms with E-state index in [1.807, 2.05) is 85.0 Å². The van der Waals surface area contributed by atoms with Crippen molar-refractivity contribution in [1.29, 1.82) is 0 Å². The number of amides is 1. The summed E-state index contributed by atoms with van der Waals surface area (Å²) in [5.74, 6) is -0.287. The van der Waals surface area contributed by atoms with Crippen molar-refractivity contribution >= 4 is 12.0 Å². The van der Waals surface area contributed by atoms with Crippen LogP contribution in [0.4, 0.5) is 0 Å². The summed E-state index contributed by atoms with van der Waals surface area (Å²) in [6.45, 7) is 4.29. The number of hydrogen-bond donors (Lipinski definition) is 2. The number of rotatable bonds is 5. The number of pyridine rings is 1. The van der Waals surface area contributed by atoms with Crippen molar-refractivity contribution in [1.82, 2.24) is 14.8 Å². The first-order chi connectivity index (χ1) is 14.5. The second-order valence-electron chi connectivity index (χ2n) is 8.34. The summed E-state index contributed by atoms with van der Waals surface area (Å²) >= 11 is 0. The van der Waals surface area contributed by atoms with Gasteiger partial charge in [-0.05, 0) is 38.6 Å². The zero-order chi connectivity index (χ0) is 21.4. The lowest BCUT2D eigenvalue weighted by Crippen LogP contribution is -2.47. The molecule has 1 saturated heterocycles. The molecule has 1 aromatic carbocycles. The van der Waals surface area contributed by atoms with Crippen LogP contribution in [0.2, 0.25) is 0 Å². The van der Waals surface area contributed by atoms with Crippen LogP contribution in [0, 0.1) is 11.8 Å². The fourth-order valence-electron chi connectivity index (χ4n) is 5.22. The fourth-order valence-corrected chi connectivity index (χ4v) is 5.22. The Labute approximate surface area is 176 Å². The zero-order valence-electron chi connectivity index (χ0n) is 17.7. The van der Waals surface area contributed by atoms with Crippen LogP contribution in [0.3, 0.4) is 0 Å². The van der Waals surface area contributed by atoms with E-state index in [-0.39, 0.29) is 42.0 Å². The van der Waals surface area contributed by atoms with Gasteiger partial charge in [-0.25, -0.2) is 0 Å². The highest BCUT2D eigenvalue weighted by Crippen LogP contribution is 2.48. The third-order valence-corrected chi connectivity index (χ3v) is 6.66. The van der Waals surface area contributed by atoms with Crippen LogP contribution in [0.1, 0.15) is 42.8 Å². The summed E-state index contributed by atoms with van der Waals surface area (Å²) in [4.78, 5) is 28.1. The lowest BCUT2D eigenvalue weighted by atomic mass is 9.88. The number of likely N-dealkylation sites (N-methyl/N-ethyl adjacent to an activating group) is 1. The van der Waals surface area contributed by atoms with Gasteiger partial charge in [-0.15, -0.1) is 0 Å². The summed E-state index contributed by atoms with van der Waals surface area (Å²) in [5, 5.41) is 13.3. The number of aromatic nitrogens is 1. The molecule has 0 saturated carbocycles. The molecule has 158 valence electrons. The minimum atomic E-state index is -0.435. The molecule has 0 spiro atoms. The van der Waals surface area contributed by atoms with Gasteiger partial charge in [0.05, 0.1) is 18.1 Å². The molecule has 1 aromatic heterocycles. The highest BCUT2D eigenvalue weighted by atomic mass is 16.3. The van der Waals surface area contributed by atoms with Gasteiger partial charge >= 0.3 is 0 Å². The van der Waals surface area contributed by atoms with Gasteiger partial charge in [0.2, 0.25) is 5.91 Å². The molecule has 2 aliphatic rings. The van der Waals surface area contributed by atoms with E-state index >= 15 is 0 Å². The van der Waals surface area contributed by atoms with Crippen LogP contribution in [0.15, 0.2) is 53.3 Å². The van der Waals surface area contributed by atoms with Crippen LogP contribution in [0.25, 0.3) is 6.08 Å². The molecular weight excluding hydrogens is 378 g/mol. The van der Waals surface area contributed by atoms with Gasteiger partial charge in [-0.2, -0.15) is 0 Å². The molecule has 4 rings (SSSR count). The molecule has 0 radical (unpaired) electrons. The van der Waals surface area contributed by atoms with E-state index < -0.39 is 6.04 Å². The lowest BCUT2D eigenvalue weighted by molar-refractivity contribution is -0.127. The Balaban J connectivity index is 1.60. The van der Waals surface area contributed by atoms with E-state index in [1.165, 1.54) is 0 Å². The number of fused-ring (bicyclic) bond motifs is 3. The van der Waals surface area contributed by atoms with Gasteiger partial charge in [0.15, 0.2) is 0 Å². The summed E-state index contributed by atoms with van der Waals surface area (Å²) in [7, 11) is 1.92. The number of carbonyl (C=O) groups is 1. The Morgan fingerprint density at radius 3 is 2.67 bits per heavy atom. The first kappa shape index (κ1) is 20.6. The Bertz CT molecular complexity index is 1010. The summed E-state index contributed by atoms with van der Waals surface area (Å²) in [6, 6.07) is 13.1. The van der Waals surface area contributed by atoms with Crippen molar-refractivity contribution in [2.45, 2.75) is 38.5 Å². The number of allylic oxidation sites excluding steroid dienone is 1. The molecule has 1 amide bonds. The maximum absolute atomic E-state index is 13.2. The third-order valence-electron chi connectivity index (χ3n) is 6.66. The molecule has 6 nitrogen and oxygen atoms in total. The molecule has 0 aliphatic carbocycles. The second-order valence-corrected chi connectivity index (χ2v) is 8.34. The summed E-state index contributed by atoms with van der Waals surface area (Å²) in [6.07, 6.45) is 3.68. The molecule has 2 aromatic rings. The topological polar surface area (TPSA) is 74.6 Å². The molecule has 0 unspecified atom stereocenters. The number of nitrogens with one attached hydrogen (secondary N) is 1. The van der Waals surface area contributed by atoms with E-state index in [0.717, 1.165) is 11.3 Å². The number of benzene rings is 1. The van der Waals surface area contributed by atoms with Crippen LogP contribution in [-0.2, 0) is 11.3 Å². The largest absolute Gasteiger partial charge is 0.396 e. The first-order valence-electron chi connectivity index (χ1n) is 10.5. The molecule has 0 bridgehead atoms. The Morgan fingerprint density at radius 2 is 2.00 bits per heavy atom. The maximum atomic E-state index is 13.2. The minimum absolute atomic E-state index is 0.0104. The SMILES string of the molecule is C/C=C\c1ccc2n(c1=O)C[C@H]1[C@H](CO)[C@@H](C(=O)N[C@@H](C)c3ccccc3)N(C)[C@@H]21. The monoisotopic (exact) mass is 407 g/mol. The van der Waals surface area contributed by atoms with E-state index in [0.29, 0.717) is 12.1 Å². The van der Waals surface area contributed by atoms with Gasteiger partial charge < -0.3 is 15.0 Å². The van der Waals surface area contributed by atoms with Crippen LogP contribution in [-0.4, -0.2) is 40.2 Å². The molecule has 3 heterocycles. The van der Waals surface area contributed by atoms with Gasteiger partial charge in [0.25, 0.3) is 5.56 Å². The molecule has 1 fully saturated rings. The first-order valence-corrected chi connectivity index (χ1v) is 10.5. The van der Waals surface area contributed by atoms with E-state index in [2.05, 4.69) is 5.32 Å². The van der Waals surface area contributed by atoms with Gasteiger partial charge in [0.1, 0.15) is 0 Å². The van der Waals surface area contributed by atoms with Crippen molar-refractivity contribution in [3.63, 3.8) is 0 Å². The smallest absolute Gasteiger partial charge is 0.258 e. The molecular formula is C24H29N3O3. The Hall–Kier alpha value is -2.70. The third kappa shape index (κ3) is 3.30. The van der Waals surface area contributed by atoms with Crippen molar-refractivity contribution in [3.05, 3.63) is 75.7 Å². The van der Waals surface area contributed by atoms with Crippen molar-refractivity contribution in [2.75, 3.05) is 13.7 Å². The second kappa shape index (κ2) is 8.20. The predicted molar refractivity (Wildman–Crippen MR) is 117 cm³/mol. The van der Waals surface area contributed by atoms with Crippen molar-refractivity contribution < 1.29 is 9.90 Å². The standard InChI is InChI=1S/C24H29N3O3/c1-4-8-17-11-12-20-21-18(13-27(20)24(17)30)19(14-28)22(26(21)3)23(29)25-15(2)16-9-6-5-7-10-16/h4-12,15,18-19,21-22,28H,13-14H2,1-3H3,(H,25,29)/b8-4-/t15-,18-,19-,21+,22-/m0/s1. The maximum Gasteiger partial charge on any atom is 0.258 e. The number of carbonyl (C=O) groups excluding carboxylic acids is 1. The fraction of sp³-hybridized carbons (Fsp3) is 0.417. The normalized spacial score (nSPS) is 26.5. The van der Waals surface area contributed by atoms with Gasteiger partial charge in [-0.1, -0.05) is 42.5 Å². The minimum Gasteiger partial charge on any atom is -0.396 e. The summed E-state index contributed by atoms with van der Waals surface area (Å²) in [5.41, 5.74) is 2.62. The van der Waals surface area contributed by atoms with E-state index in [9.17, 15) is 14.7 Å². The Morgan fingerprint density at radius 1 is 1.27 bits per heavy atom. The molecule has 5 atom stereocenters. The number of aliphatic hydroxyl groups is 1. The molecule has 30 heavy (non-hydrogen) atoms. The quantitative estimate of drug-likeness (QED) is 0.798. The number of nitrogens with zero attached hydrogens (tertiary/aromatic N) is 2. The highest BCUT2D eigenvalue weighted by molar-refractivity contribution is 5.83. The van der Waals surface area contributed by atoms with E-state index in [1.54, 1.807) is 0 Å². The number of hydrogen-bond acceptors (Lipinski definition) is 4. The predicted octanol–water partition coefficient (Wildman–Crippen LogP) is 2.35. The van der Waals surface area contributed by atoms with Gasteiger partial charge in [-0.3, -0.25) is 14.5 Å². The average Bonchev–Trinajstić information content (AvgIpc) is 3.26. The number of aliphatic hydroxyl groups excluding tert-OH is 1. The van der Waals surface area contributed by atoms with E-state index in [4.69, 9.17) is 0 Å². The van der Waals surface area contributed by atoms with Crippen LogP contribution >= 0.6 is 0 Å². The molecule has 2 aliphatic heterocycles. The van der Waals surface area contributed by atoms with Crippen molar-refractivity contribution in [2.24, 2.45) is 11.8 Å². The number of likely N-dealkylation sites (tertiary alicyclic amines) is 1. The van der Waals surface area contributed by atoms with Crippen LogP contribution < -0.4 is 10.9 Å². The average molecular weight is 408 g/mol. The highest BCUT2D eigenvalue weighted by Gasteiger charge is 2.54. The zero-order valence-corrected chi connectivity index (χ0v) is 17.7. The summed E-state index contributed by atoms with van der Waals surface area (Å²) < 4.78 is 1.81. The van der Waals surface area contributed by atoms with Crippen molar-refractivity contribution in [3.8, 4) is 0 Å². The van der Waals surface area contributed by atoms with Crippen LogP contribution in [0.5, 0.6) is 0 Å². The lowest BCUT2D eigenvalue weighted by Gasteiger charge is -2.28. The Kier molecular flexibility index (Phi) is 5.62. The molecule has 6 heteroatoms. The van der Waals surface area contributed by atoms with Gasteiger partial charge in [0, 0.05) is 36.2 Å². The molecule has 2 N–H and O–H groups in total.